The van der Waals surface area contributed by atoms with Crippen LogP contribution in [0.3, 0.4) is 0 Å². The van der Waals surface area contributed by atoms with Crippen molar-refractivity contribution < 1.29 is 13.7 Å². The van der Waals surface area contributed by atoms with Crippen molar-refractivity contribution in [3.63, 3.8) is 0 Å². The fourth-order valence-corrected chi connectivity index (χ4v) is 7.03. The molecule has 0 unspecified atom stereocenters. The van der Waals surface area contributed by atoms with Gasteiger partial charge in [-0.2, -0.15) is 0 Å². The molecule has 5 nitrogen and oxygen atoms in total. The molecule has 164 valence electrons. The highest BCUT2D eigenvalue weighted by atomic mass is 79.9. The van der Waals surface area contributed by atoms with Crippen LogP contribution in [0, 0.1) is 5.82 Å². The molecule has 1 amide bonds. The maximum absolute atomic E-state index is 13.4. The van der Waals surface area contributed by atoms with Crippen LogP contribution in [0.2, 0.25) is 0 Å². The van der Waals surface area contributed by atoms with Gasteiger partial charge in [0.15, 0.2) is 5.58 Å². The summed E-state index contributed by atoms with van der Waals surface area (Å²) in [4.78, 5) is 18.9. The lowest BCUT2D eigenvalue weighted by Crippen LogP contribution is -2.34. The average Bonchev–Trinajstić information content (AvgIpc) is 3.33. The Labute approximate surface area is 193 Å². The Morgan fingerprint density at radius 2 is 2.13 bits per heavy atom. The SMILES string of the molecule is CC(=O)N1CCc2c(sc(CCN3CCC(c4noc5cc(F)ccc45)CC3)c2Br)C1. The molecular formula is C23H25BrFN3O2S. The summed E-state index contributed by atoms with van der Waals surface area (Å²) in [5.41, 5.74) is 2.90. The predicted molar refractivity (Wildman–Crippen MR) is 123 cm³/mol. The maximum Gasteiger partial charge on any atom is 0.219 e. The van der Waals surface area contributed by atoms with Gasteiger partial charge in [0, 0.05) is 51.6 Å². The van der Waals surface area contributed by atoms with Gasteiger partial charge in [-0.1, -0.05) is 5.16 Å². The Bertz CT molecular complexity index is 1120. The Balaban J connectivity index is 1.19. The van der Waals surface area contributed by atoms with E-state index >= 15 is 0 Å². The summed E-state index contributed by atoms with van der Waals surface area (Å²) in [6.45, 7) is 6.30. The van der Waals surface area contributed by atoms with E-state index in [0.717, 1.165) is 69.5 Å². The lowest BCUT2D eigenvalue weighted by atomic mass is 9.91. The number of likely N-dealkylation sites (tertiary alicyclic amines) is 1. The molecular weight excluding hydrogens is 481 g/mol. The largest absolute Gasteiger partial charge is 0.356 e. The molecule has 0 saturated carbocycles. The number of aromatic nitrogens is 1. The Kier molecular flexibility index (Phi) is 5.88. The zero-order chi connectivity index (χ0) is 21.5. The summed E-state index contributed by atoms with van der Waals surface area (Å²) in [6.07, 6.45) is 4.03. The second-order valence-corrected chi connectivity index (χ2v) is 10.5. The van der Waals surface area contributed by atoms with Gasteiger partial charge >= 0.3 is 0 Å². The van der Waals surface area contributed by atoms with Crippen molar-refractivity contribution in [1.82, 2.24) is 15.0 Å². The minimum absolute atomic E-state index is 0.157. The fraction of sp³-hybridized carbons (Fsp3) is 0.478. The van der Waals surface area contributed by atoms with Crippen LogP contribution in [-0.4, -0.2) is 47.0 Å². The first-order valence-electron chi connectivity index (χ1n) is 10.8. The zero-order valence-electron chi connectivity index (χ0n) is 17.5. The van der Waals surface area contributed by atoms with Crippen molar-refractivity contribution in [1.29, 1.82) is 0 Å². The van der Waals surface area contributed by atoms with E-state index in [0.29, 0.717) is 11.5 Å². The topological polar surface area (TPSA) is 49.6 Å². The van der Waals surface area contributed by atoms with Gasteiger partial charge < -0.3 is 14.3 Å². The van der Waals surface area contributed by atoms with Gasteiger partial charge in [-0.25, -0.2) is 4.39 Å². The van der Waals surface area contributed by atoms with Crippen LogP contribution in [-0.2, 0) is 24.2 Å². The molecule has 0 bridgehead atoms. The minimum Gasteiger partial charge on any atom is -0.356 e. The third-order valence-electron chi connectivity index (χ3n) is 6.60. The zero-order valence-corrected chi connectivity index (χ0v) is 19.9. The molecule has 2 aromatic heterocycles. The van der Waals surface area contributed by atoms with Crippen LogP contribution >= 0.6 is 27.3 Å². The summed E-state index contributed by atoms with van der Waals surface area (Å²) < 4.78 is 20.0. The number of halogens is 2. The van der Waals surface area contributed by atoms with Gasteiger partial charge in [0.1, 0.15) is 5.82 Å². The lowest BCUT2D eigenvalue weighted by molar-refractivity contribution is -0.129. The number of benzene rings is 1. The van der Waals surface area contributed by atoms with Gasteiger partial charge in [0.05, 0.1) is 12.2 Å². The number of carbonyl (C=O) groups excluding carboxylic acids is 1. The van der Waals surface area contributed by atoms with Gasteiger partial charge in [0.25, 0.3) is 0 Å². The number of nitrogens with zero attached hydrogens (tertiary/aromatic N) is 3. The van der Waals surface area contributed by atoms with Crippen molar-refractivity contribution in [2.24, 2.45) is 0 Å². The minimum atomic E-state index is -0.291. The third kappa shape index (κ3) is 4.17. The normalized spacial score (nSPS) is 18.0. The van der Waals surface area contributed by atoms with Crippen LogP contribution < -0.4 is 0 Å². The molecule has 8 heteroatoms. The lowest BCUT2D eigenvalue weighted by Gasteiger charge is -2.31. The van der Waals surface area contributed by atoms with E-state index in [1.807, 2.05) is 16.2 Å². The van der Waals surface area contributed by atoms with E-state index in [1.54, 1.807) is 13.0 Å². The molecule has 2 aliphatic rings. The average molecular weight is 506 g/mol. The van der Waals surface area contributed by atoms with Gasteiger partial charge in [0.2, 0.25) is 5.91 Å². The number of carbonyl (C=O) groups is 1. The van der Waals surface area contributed by atoms with Gasteiger partial charge in [-0.3, -0.25) is 4.79 Å². The number of amides is 1. The maximum atomic E-state index is 13.4. The summed E-state index contributed by atoms with van der Waals surface area (Å²) in [6, 6.07) is 4.67. The molecule has 0 spiro atoms. The van der Waals surface area contributed by atoms with Crippen LogP contribution in [0.1, 0.15) is 46.7 Å². The Morgan fingerprint density at radius 1 is 1.32 bits per heavy atom. The molecule has 1 fully saturated rings. The van der Waals surface area contributed by atoms with E-state index in [2.05, 4.69) is 26.0 Å². The molecule has 1 saturated heterocycles. The van der Waals surface area contributed by atoms with E-state index in [4.69, 9.17) is 4.52 Å². The Morgan fingerprint density at radius 3 is 2.90 bits per heavy atom. The first-order chi connectivity index (χ1) is 15.0. The number of hydrogen-bond acceptors (Lipinski definition) is 5. The number of fused-ring (bicyclic) bond motifs is 2. The number of thiophene rings is 1. The summed E-state index contributed by atoms with van der Waals surface area (Å²) in [7, 11) is 0. The molecule has 1 aromatic carbocycles. The van der Waals surface area contributed by atoms with Crippen molar-refractivity contribution in [3.8, 4) is 0 Å². The van der Waals surface area contributed by atoms with Crippen molar-refractivity contribution in [3.05, 3.63) is 49.5 Å². The van der Waals surface area contributed by atoms with Gasteiger partial charge in [-0.15, -0.1) is 11.3 Å². The van der Waals surface area contributed by atoms with Crippen LogP contribution in [0.15, 0.2) is 27.2 Å². The summed E-state index contributed by atoms with van der Waals surface area (Å²) >= 11 is 5.68. The fourth-order valence-electron chi connectivity index (χ4n) is 4.77. The number of hydrogen-bond donors (Lipinski definition) is 0. The monoisotopic (exact) mass is 505 g/mol. The highest BCUT2D eigenvalue weighted by Gasteiger charge is 2.27. The van der Waals surface area contributed by atoms with Crippen molar-refractivity contribution >= 4 is 44.1 Å². The molecule has 2 aliphatic heterocycles. The molecule has 0 radical (unpaired) electrons. The van der Waals surface area contributed by atoms with E-state index in [-0.39, 0.29) is 11.7 Å². The second kappa shape index (κ2) is 8.64. The highest BCUT2D eigenvalue weighted by molar-refractivity contribution is 9.10. The summed E-state index contributed by atoms with van der Waals surface area (Å²) in [5, 5.41) is 5.19. The molecule has 3 aromatic rings. The van der Waals surface area contributed by atoms with Crippen LogP contribution in [0.4, 0.5) is 4.39 Å². The van der Waals surface area contributed by atoms with E-state index < -0.39 is 0 Å². The third-order valence-corrected chi connectivity index (χ3v) is 9.09. The number of rotatable bonds is 4. The molecule has 0 N–H and O–H groups in total. The standard InChI is InChI=1S/C23H25BrFN3O2S/c1-14(29)28-11-6-18-21(13-28)31-20(22(18)24)7-10-27-8-4-15(5-9-27)23-17-3-2-16(25)12-19(17)30-26-23/h2-3,12,15H,4-11,13H2,1H3. The van der Waals surface area contributed by atoms with Crippen molar-refractivity contribution in [2.75, 3.05) is 26.2 Å². The van der Waals surface area contributed by atoms with Gasteiger partial charge in [-0.05, 0) is 72.4 Å². The number of piperidine rings is 1. The van der Waals surface area contributed by atoms with E-state index in [1.165, 1.54) is 31.9 Å². The summed E-state index contributed by atoms with van der Waals surface area (Å²) in [5.74, 6) is 0.228. The first-order valence-corrected chi connectivity index (χ1v) is 12.4. The second-order valence-electron chi connectivity index (χ2n) is 8.51. The first kappa shape index (κ1) is 21.1. The quantitative estimate of drug-likeness (QED) is 0.493. The molecule has 4 heterocycles. The predicted octanol–water partition coefficient (Wildman–Crippen LogP) is 5.12. The smallest absolute Gasteiger partial charge is 0.219 e. The van der Waals surface area contributed by atoms with Crippen molar-refractivity contribution in [2.45, 2.75) is 45.1 Å². The van der Waals surface area contributed by atoms with E-state index in [9.17, 15) is 9.18 Å². The molecule has 0 atom stereocenters. The molecule has 5 rings (SSSR count). The molecule has 0 aliphatic carbocycles. The highest BCUT2D eigenvalue weighted by Crippen LogP contribution is 2.38. The Hall–Kier alpha value is -1.77. The molecule has 31 heavy (non-hydrogen) atoms. The van der Waals surface area contributed by atoms with Crippen LogP contribution in [0.5, 0.6) is 0 Å². The van der Waals surface area contributed by atoms with Crippen LogP contribution in [0.25, 0.3) is 11.0 Å².